The van der Waals surface area contributed by atoms with Crippen molar-refractivity contribution >= 4 is 56.8 Å². The second-order valence-corrected chi connectivity index (χ2v) is 9.14. The number of rotatable bonds is 8. The van der Waals surface area contributed by atoms with Crippen LogP contribution < -0.4 is 10.6 Å². The van der Waals surface area contributed by atoms with Gasteiger partial charge in [-0.05, 0) is 90.5 Å². The van der Waals surface area contributed by atoms with E-state index in [1.807, 2.05) is 144 Å². The molecule has 1 aromatic heterocycles. The molecule has 0 aliphatic heterocycles. The fraction of sp³-hybridized carbons (Fsp3) is 0.139. The highest BCUT2D eigenvalue weighted by Gasteiger charge is 2.06. The van der Waals surface area contributed by atoms with Crippen molar-refractivity contribution in [2.45, 2.75) is 34.6 Å². The normalized spacial score (nSPS) is 10.6. The van der Waals surface area contributed by atoms with Crippen LogP contribution in [-0.4, -0.2) is 15.0 Å². The summed E-state index contributed by atoms with van der Waals surface area (Å²) in [4.78, 5) is 13.3. The van der Waals surface area contributed by atoms with Crippen LogP contribution in [0.4, 0.5) is 46.0 Å². The molecule has 2 N–H and O–H groups in total. The Labute approximate surface area is 264 Å². The summed E-state index contributed by atoms with van der Waals surface area (Å²) in [6.45, 7) is 9.82. The number of aromatic nitrogens is 3. The SMILES string of the molecule is CC.CC.Cc1nc(Nc2ccc(N=Nc3ccccc3)cc2)nc(Nc2ccc(N=Nc3ccc4ccccc4c3)cc2)n1. The first-order chi connectivity index (χ1) is 22.2. The maximum Gasteiger partial charge on any atom is 0.232 e. The van der Waals surface area contributed by atoms with Crippen LogP contribution in [0.25, 0.3) is 10.8 Å². The van der Waals surface area contributed by atoms with E-state index in [-0.39, 0.29) is 0 Å². The second kappa shape index (κ2) is 16.7. The smallest absolute Gasteiger partial charge is 0.232 e. The average molecular weight is 596 g/mol. The van der Waals surface area contributed by atoms with Crippen molar-refractivity contribution in [3.8, 4) is 0 Å². The molecule has 0 unspecified atom stereocenters. The van der Waals surface area contributed by atoms with Gasteiger partial charge in [0.15, 0.2) is 0 Å². The fourth-order valence-electron chi connectivity index (χ4n) is 4.04. The highest BCUT2D eigenvalue weighted by Crippen LogP contribution is 2.26. The van der Waals surface area contributed by atoms with Crippen molar-refractivity contribution in [3.05, 3.63) is 127 Å². The third-order valence-electron chi connectivity index (χ3n) is 6.05. The summed E-state index contributed by atoms with van der Waals surface area (Å²) in [5.74, 6) is 1.44. The minimum atomic E-state index is 0.429. The van der Waals surface area contributed by atoms with Crippen LogP contribution >= 0.6 is 0 Å². The van der Waals surface area contributed by atoms with E-state index in [0.29, 0.717) is 17.7 Å². The van der Waals surface area contributed by atoms with Gasteiger partial charge in [-0.3, -0.25) is 0 Å². The Kier molecular flexibility index (Phi) is 11.9. The van der Waals surface area contributed by atoms with Gasteiger partial charge in [-0.1, -0.05) is 76.2 Å². The van der Waals surface area contributed by atoms with E-state index in [9.17, 15) is 0 Å². The minimum Gasteiger partial charge on any atom is -0.324 e. The molecule has 6 aromatic rings. The Morgan fingerprint density at radius 2 is 0.844 bits per heavy atom. The van der Waals surface area contributed by atoms with Crippen molar-refractivity contribution in [3.63, 3.8) is 0 Å². The average Bonchev–Trinajstić information content (AvgIpc) is 3.09. The van der Waals surface area contributed by atoms with Gasteiger partial charge in [0.05, 0.1) is 22.7 Å². The van der Waals surface area contributed by atoms with Crippen molar-refractivity contribution in [1.29, 1.82) is 0 Å². The second-order valence-electron chi connectivity index (χ2n) is 9.14. The van der Waals surface area contributed by atoms with Crippen molar-refractivity contribution in [2.24, 2.45) is 20.5 Å². The number of benzene rings is 5. The van der Waals surface area contributed by atoms with E-state index in [4.69, 9.17) is 0 Å². The third kappa shape index (κ3) is 9.59. The van der Waals surface area contributed by atoms with Crippen LogP contribution in [0.1, 0.15) is 33.5 Å². The Bertz CT molecular complexity index is 1830. The van der Waals surface area contributed by atoms with E-state index in [2.05, 4.69) is 58.2 Å². The van der Waals surface area contributed by atoms with Gasteiger partial charge in [-0.25, -0.2) is 0 Å². The van der Waals surface area contributed by atoms with Gasteiger partial charge >= 0.3 is 0 Å². The molecule has 0 saturated carbocycles. The number of azo groups is 2. The molecule has 0 fully saturated rings. The summed E-state index contributed by atoms with van der Waals surface area (Å²) in [6, 6.07) is 39.0. The molecule has 0 aliphatic carbocycles. The molecule has 0 aliphatic rings. The predicted octanol–water partition coefficient (Wildman–Crippen LogP) is 11.7. The molecule has 1 heterocycles. The first-order valence-corrected chi connectivity index (χ1v) is 15.0. The summed E-state index contributed by atoms with van der Waals surface area (Å²) in [6.07, 6.45) is 0. The maximum atomic E-state index is 4.52. The number of aryl methyl sites for hydroxylation is 1. The molecule has 0 saturated heterocycles. The summed E-state index contributed by atoms with van der Waals surface area (Å²) in [5, 5.41) is 26.0. The van der Waals surface area contributed by atoms with Gasteiger partial charge < -0.3 is 10.6 Å². The summed E-state index contributed by atoms with van der Waals surface area (Å²) in [7, 11) is 0. The molecule has 0 bridgehead atoms. The van der Waals surface area contributed by atoms with Crippen LogP contribution in [0, 0.1) is 6.92 Å². The molecular weight excluding hydrogens is 558 g/mol. The number of hydrogen-bond acceptors (Lipinski definition) is 9. The van der Waals surface area contributed by atoms with Crippen LogP contribution in [0.2, 0.25) is 0 Å². The zero-order valence-electron chi connectivity index (χ0n) is 26.2. The molecule has 0 radical (unpaired) electrons. The van der Waals surface area contributed by atoms with E-state index >= 15 is 0 Å². The third-order valence-corrected chi connectivity index (χ3v) is 6.05. The van der Waals surface area contributed by atoms with Gasteiger partial charge in [0.2, 0.25) is 11.9 Å². The van der Waals surface area contributed by atoms with Gasteiger partial charge in [0.1, 0.15) is 5.82 Å². The summed E-state index contributed by atoms with van der Waals surface area (Å²) < 4.78 is 0. The van der Waals surface area contributed by atoms with Gasteiger partial charge in [0.25, 0.3) is 0 Å². The van der Waals surface area contributed by atoms with Crippen molar-refractivity contribution < 1.29 is 0 Å². The lowest BCUT2D eigenvalue weighted by molar-refractivity contribution is 0.989. The number of nitrogens with zero attached hydrogens (tertiary/aromatic N) is 7. The van der Waals surface area contributed by atoms with E-state index in [1.165, 1.54) is 5.39 Å². The minimum absolute atomic E-state index is 0.429. The summed E-state index contributed by atoms with van der Waals surface area (Å²) in [5.41, 5.74) is 4.73. The van der Waals surface area contributed by atoms with E-state index < -0.39 is 0 Å². The van der Waals surface area contributed by atoms with Crippen molar-refractivity contribution in [2.75, 3.05) is 10.6 Å². The first kappa shape index (κ1) is 32.1. The number of nitrogens with one attached hydrogen (secondary N) is 2. The maximum absolute atomic E-state index is 4.52. The zero-order chi connectivity index (χ0) is 31.9. The first-order valence-electron chi connectivity index (χ1n) is 15.0. The Balaban J connectivity index is 0.00000111. The van der Waals surface area contributed by atoms with Crippen LogP contribution in [-0.2, 0) is 0 Å². The van der Waals surface area contributed by atoms with E-state index in [0.717, 1.165) is 39.5 Å². The number of fused-ring (bicyclic) bond motifs is 1. The molecule has 45 heavy (non-hydrogen) atoms. The lowest BCUT2D eigenvalue weighted by Gasteiger charge is -2.09. The molecule has 9 nitrogen and oxygen atoms in total. The highest BCUT2D eigenvalue weighted by molar-refractivity contribution is 5.85. The fourth-order valence-corrected chi connectivity index (χ4v) is 4.04. The number of hydrogen-bond donors (Lipinski definition) is 2. The molecule has 9 heteroatoms. The monoisotopic (exact) mass is 595 g/mol. The van der Waals surface area contributed by atoms with Gasteiger partial charge in [0, 0.05) is 11.4 Å². The molecule has 0 spiro atoms. The molecule has 0 atom stereocenters. The standard InChI is InChI=1S/C32H25N9.2C2H6/c1-22-33-31(35-25-13-17-28(18-14-25)39-38-27-9-3-2-4-10-27)37-32(34-22)36-26-15-19-29(20-16-26)40-41-30-12-11-23-7-5-6-8-24(23)21-30;2*1-2/h2-21H,1H3,(H2,33,34,35,36,37);2*1-2H3. The number of anilines is 4. The van der Waals surface area contributed by atoms with Gasteiger partial charge in [-0.15, -0.1) is 0 Å². The highest BCUT2D eigenvalue weighted by atomic mass is 15.2. The Hall–Kier alpha value is -5.83. The quantitative estimate of drug-likeness (QED) is 0.170. The van der Waals surface area contributed by atoms with Crippen molar-refractivity contribution in [1.82, 2.24) is 15.0 Å². The van der Waals surface area contributed by atoms with Crippen LogP contribution in [0.3, 0.4) is 0 Å². The molecule has 0 amide bonds. The molecule has 5 aromatic carbocycles. The van der Waals surface area contributed by atoms with E-state index in [1.54, 1.807) is 0 Å². The molecular formula is C36H37N9. The largest absolute Gasteiger partial charge is 0.324 e. The lowest BCUT2D eigenvalue weighted by atomic mass is 10.1. The Morgan fingerprint density at radius 1 is 0.422 bits per heavy atom. The summed E-state index contributed by atoms with van der Waals surface area (Å²) >= 11 is 0. The van der Waals surface area contributed by atoms with Crippen LogP contribution in [0.15, 0.2) is 142 Å². The topological polar surface area (TPSA) is 112 Å². The predicted molar refractivity (Wildman–Crippen MR) is 185 cm³/mol. The Morgan fingerprint density at radius 3 is 1.38 bits per heavy atom. The van der Waals surface area contributed by atoms with Crippen LogP contribution in [0.5, 0.6) is 0 Å². The zero-order valence-corrected chi connectivity index (χ0v) is 26.2. The molecule has 6 rings (SSSR count). The lowest BCUT2D eigenvalue weighted by Crippen LogP contribution is -2.05. The molecule has 226 valence electrons. The van der Waals surface area contributed by atoms with Gasteiger partial charge in [-0.2, -0.15) is 35.4 Å².